The van der Waals surface area contributed by atoms with Gasteiger partial charge in [-0.25, -0.2) is 0 Å². The lowest BCUT2D eigenvalue weighted by molar-refractivity contribution is 0.396. The first-order valence-electron chi connectivity index (χ1n) is 5.09. The van der Waals surface area contributed by atoms with Crippen molar-refractivity contribution in [2.45, 2.75) is 19.4 Å². The normalized spacial score (nSPS) is 12.3. The Bertz CT molecular complexity index is 312. The lowest BCUT2D eigenvalue weighted by Crippen LogP contribution is -2.23. The van der Waals surface area contributed by atoms with E-state index in [1.165, 1.54) is 5.56 Å². The zero-order valence-electron chi connectivity index (χ0n) is 9.83. The van der Waals surface area contributed by atoms with E-state index in [0.29, 0.717) is 6.04 Å². The van der Waals surface area contributed by atoms with E-state index < -0.39 is 0 Å². The highest BCUT2D eigenvalue weighted by atomic mass is 16.5. The molecule has 0 aliphatic rings. The van der Waals surface area contributed by atoms with Crippen molar-refractivity contribution in [2.75, 3.05) is 21.3 Å². The lowest BCUT2D eigenvalue weighted by atomic mass is 10.1. The van der Waals surface area contributed by atoms with Gasteiger partial charge in [0.05, 0.1) is 14.2 Å². The van der Waals surface area contributed by atoms with Crippen LogP contribution in [-0.4, -0.2) is 27.3 Å². The Morgan fingerprint density at radius 2 is 2.00 bits per heavy atom. The summed E-state index contributed by atoms with van der Waals surface area (Å²) in [5.41, 5.74) is 1.17. The van der Waals surface area contributed by atoms with Crippen LogP contribution in [0.1, 0.15) is 12.5 Å². The van der Waals surface area contributed by atoms with Crippen LogP contribution in [0.3, 0.4) is 0 Å². The second kappa shape index (κ2) is 5.61. The van der Waals surface area contributed by atoms with E-state index in [1.807, 2.05) is 25.2 Å². The summed E-state index contributed by atoms with van der Waals surface area (Å²) in [5.74, 6) is 1.78. The maximum absolute atomic E-state index is 5.31. The molecule has 3 heteroatoms. The van der Waals surface area contributed by atoms with Crippen LogP contribution >= 0.6 is 0 Å². The van der Waals surface area contributed by atoms with Crippen molar-refractivity contribution in [3.05, 3.63) is 23.8 Å². The molecule has 0 saturated heterocycles. The van der Waals surface area contributed by atoms with Crippen molar-refractivity contribution in [3.63, 3.8) is 0 Å². The average Bonchev–Trinajstić information content (AvgIpc) is 2.28. The number of methoxy groups -OCH3 is 2. The summed E-state index contributed by atoms with van der Waals surface area (Å²) in [6.45, 7) is 2.14. The molecule has 0 aliphatic carbocycles. The Balaban J connectivity index is 2.90. The molecule has 0 aliphatic heterocycles. The van der Waals surface area contributed by atoms with Gasteiger partial charge in [0.2, 0.25) is 0 Å². The fourth-order valence-corrected chi connectivity index (χ4v) is 1.47. The number of rotatable bonds is 5. The zero-order valence-corrected chi connectivity index (χ0v) is 9.83. The molecule has 0 radical (unpaired) electrons. The van der Waals surface area contributed by atoms with Gasteiger partial charge in [-0.05, 0) is 44.2 Å². The Morgan fingerprint density at radius 3 is 2.53 bits per heavy atom. The van der Waals surface area contributed by atoms with E-state index >= 15 is 0 Å². The molecule has 0 spiro atoms. The van der Waals surface area contributed by atoms with Crippen molar-refractivity contribution in [1.29, 1.82) is 0 Å². The molecule has 0 aromatic heterocycles. The van der Waals surface area contributed by atoms with Gasteiger partial charge in [-0.2, -0.15) is 0 Å². The number of hydrogen-bond acceptors (Lipinski definition) is 3. The second-order valence-electron chi connectivity index (χ2n) is 3.57. The van der Waals surface area contributed by atoms with Crippen LogP contribution in [0.25, 0.3) is 0 Å². The topological polar surface area (TPSA) is 30.5 Å². The SMILES string of the molecule is CN[C@@H](C)Cc1cc(OC)ccc1OC. The highest BCUT2D eigenvalue weighted by Crippen LogP contribution is 2.24. The number of nitrogens with one attached hydrogen (secondary N) is 1. The van der Waals surface area contributed by atoms with Crippen LogP contribution in [0.4, 0.5) is 0 Å². The van der Waals surface area contributed by atoms with Gasteiger partial charge in [-0.1, -0.05) is 0 Å². The molecule has 0 bridgehead atoms. The first-order valence-corrected chi connectivity index (χ1v) is 5.09. The highest BCUT2D eigenvalue weighted by Gasteiger charge is 2.08. The second-order valence-corrected chi connectivity index (χ2v) is 3.57. The molecule has 1 aromatic carbocycles. The number of likely N-dealkylation sites (N-methyl/N-ethyl adjacent to an activating group) is 1. The minimum Gasteiger partial charge on any atom is -0.497 e. The molecule has 1 N–H and O–H groups in total. The quantitative estimate of drug-likeness (QED) is 0.803. The summed E-state index contributed by atoms with van der Waals surface area (Å²) in [5, 5.41) is 3.21. The standard InChI is InChI=1S/C12H19NO2/c1-9(13-2)7-10-8-11(14-3)5-6-12(10)15-4/h5-6,8-9,13H,7H2,1-4H3/t9-/m0/s1. The van der Waals surface area contributed by atoms with Crippen LogP contribution in [0.2, 0.25) is 0 Å². The van der Waals surface area contributed by atoms with Crippen molar-refractivity contribution in [2.24, 2.45) is 0 Å². The molecule has 84 valence electrons. The Morgan fingerprint density at radius 1 is 1.27 bits per heavy atom. The van der Waals surface area contributed by atoms with Gasteiger partial charge in [0, 0.05) is 6.04 Å². The highest BCUT2D eigenvalue weighted by molar-refractivity contribution is 5.40. The predicted octanol–water partition coefficient (Wildman–Crippen LogP) is 1.85. The van der Waals surface area contributed by atoms with E-state index in [0.717, 1.165) is 17.9 Å². The third-order valence-corrected chi connectivity index (χ3v) is 2.51. The third-order valence-electron chi connectivity index (χ3n) is 2.51. The number of hydrogen-bond donors (Lipinski definition) is 1. The Kier molecular flexibility index (Phi) is 4.43. The molecule has 0 heterocycles. The van der Waals surface area contributed by atoms with Crippen molar-refractivity contribution >= 4 is 0 Å². The molecule has 0 amide bonds. The fraction of sp³-hybridized carbons (Fsp3) is 0.500. The van der Waals surface area contributed by atoms with Crippen LogP contribution < -0.4 is 14.8 Å². The summed E-state index contributed by atoms with van der Waals surface area (Å²) in [4.78, 5) is 0. The minimum atomic E-state index is 0.422. The van der Waals surface area contributed by atoms with Gasteiger partial charge in [0.15, 0.2) is 0 Å². The van der Waals surface area contributed by atoms with E-state index in [2.05, 4.69) is 12.2 Å². The van der Waals surface area contributed by atoms with Gasteiger partial charge in [0.25, 0.3) is 0 Å². The molecular formula is C12H19NO2. The first kappa shape index (κ1) is 11.9. The molecule has 3 nitrogen and oxygen atoms in total. The largest absolute Gasteiger partial charge is 0.497 e. The van der Waals surface area contributed by atoms with Gasteiger partial charge in [-0.15, -0.1) is 0 Å². The summed E-state index contributed by atoms with van der Waals surface area (Å²) in [6, 6.07) is 6.29. The predicted molar refractivity (Wildman–Crippen MR) is 61.8 cm³/mol. The fourth-order valence-electron chi connectivity index (χ4n) is 1.47. The number of benzene rings is 1. The molecule has 15 heavy (non-hydrogen) atoms. The summed E-state index contributed by atoms with van der Waals surface area (Å²) >= 11 is 0. The maximum atomic E-state index is 5.31. The molecule has 1 aromatic rings. The Hall–Kier alpha value is -1.22. The smallest absolute Gasteiger partial charge is 0.122 e. The van der Waals surface area contributed by atoms with E-state index in [4.69, 9.17) is 9.47 Å². The van der Waals surface area contributed by atoms with Gasteiger partial charge in [0.1, 0.15) is 11.5 Å². The van der Waals surface area contributed by atoms with Crippen molar-refractivity contribution in [3.8, 4) is 11.5 Å². The molecule has 0 saturated carbocycles. The van der Waals surface area contributed by atoms with Gasteiger partial charge >= 0.3 is 0 Å². The minimum absolute atomic E-state index is 0.422. The van der Waals surface area contributed by atoms with Crippen LogP contribution in [0, 0.1) is 0 Å². The maximum Gasteiger partial charge on any atom is 0.122 e. The van der Waals surface area contributed by atoms with Crippen molar-refractivity contribution < 1.29 is 9.47 Å². The zero-order chi connectivity index (χ0) is 11.3. The van der Waals surface area contributed by atoms with Crippen LogP contribution in [0.15, 0.2) is 18.2 Å². The lowest BCUT2D eigenvalue weighted by Gasteiger charge is -2.14. The third kappa shape index (κ3) is 3.13. The van der Waals surface area contributed by atoms with Crippen LogP contribution in [0.5, 0.6) is 11.5 Å². The first-order chi connectivity index (χ1) is 7.21. The van der Waals surface area contributed by atoms with Gasteiger partial charge < -0.3 is 14.8 Å². The summed E-state index contributed by atoms with van der Waals surface area (Å²) in [7, 11) is 5.32. The van der Waals surface area contributed by atoms with E-state index in [9.17, 15) is 0 Å². The summed E-state index contributed by atoms with van der Waals surface area (Å²) < 4.78 is 10.5. The Labute approximate surface area is 91.4 Å². The average molecular weight is 209 g/mol. The molecule has 1 atom stereocenters. The van der Waals surface area contributed by atoms with E-state index in [-0.39, 0.29) is 0 Å². The monoisotopic (exact) mass is 209 g/mol. The molecule has 0 fully saturated rings. The number of ether oxygens (including phenoxy) is 2. The summed E-state index contributed by atoms with van der Waals surface area (Å²) in [6.07, 6.45) is 0.927. The van der Waals surface area contributed by atoms with Crippen molar-refractivity contribution in [1.82, 2.24) is 5.32 Å². The molecular weight excluding hydrogens is 190 g/mol. The van der Waals surface area contributed by atoms with E-state index in [1.54, 1.807) is 14.2 Å². The van der Waals surface area contributed by atoms with Crippen LogP contribution in [-0.2, 0) is 6.42 Å². The van der Waals surface area contributed by atoms with Gasteiger partial charge in [-0.3, -0.25) is 0 Å². The molecule has 1 rings (SSSR count). The molecule has 0 unspecified atom stereocenters.